The highest BCUT2D eigenvalue weighted by molar-refractivity contribution is 5.72. The Hall–Kier alpha value is -2.18. The van der Waals surface area contributed by atoms with Crippen molar-refractivity contribution in [3.8, 4) is 17.0 Å². The molecular formula is C14H16F3N3O. The van der Waals surface area contributed by atoms with Gasteiger partial charge in [-0.2, -0.15) is 0 Å². The van der Waals surface area contributed by atoms with Crippen LogP contribution in [0.4, 0.5) is 19.0 Å². The van der Waals surface area contributed by atoms with Crippen LogP contribution in [-0.4, -0.2) is 15.9 Å². The van der Waals surface area contributed by atoms with Crippen molar-refractivity contribution in [3.63, 3.8) is 0 Å². The highest BCUT2D eigenvalue weighted by Gasteiger charge is 2.31. The van der Waals surface area contributed by atoms with Crippen LogP contribution < -0.4 is 10.5 Å². The highest BCUT2D eigenvalue weighted by Crippen LogP contribution is 2.32. The standard InChI is InChI=1S/C14H16F3N3O/c1-8(2)20-9(3)19-12(13(20)18)10-5-4-6-11(7-10)21-14(15,16)17/h4-8H,18H2,1-3H3. The molecule has 0 aliphatic heterocycles. The average molecular weight is 299 g/mol. The first-order chi connectivity index (χ1) is 9.69. The van der Waals surface area contributed by atoms with Gasteiger partial charge in [0, 0.05) is 11.6 Å². The van der Waals surface area contributed by atoms with Crippen molar-refractivity contribution < 1.29 is 17.9 Å². The lowest BCUT2D eigenvalue weighted by molar-refractivity contribution is -0.274. The molecule has 0 unspecified atom stereocenters. The molecule has 2 aromatic rings. The molecule has 2 N–H and O–H groups in total. The number of nitrogens with two attached hydrogens (primary N) is 1. The van der Waals surface area contributed by atoms with Gasteiger partial charge in [0.1, 0.15) is 23.1 Å². The lowest BCUT2D eigenvalue weighted by Gasteiger charge is -2.12. The Labute approximate surface area is 120 Å². The number of aryl methyl sites for hydroxylation is 1. The first-order valence-electron chi connectivity index (χ1n) is 6.39. The van der Waals surface area contributed by atoms with Gasteiger partial charge in [-0.15, -0.1) is 13.2 Å². The molecule has 1 heterocycles. The van der Waals surface area contributed by atoms with E-state index in [4.69, 9.17) is 5.73 Å². The number of nitrogen functional groups attached to an aromatic ring is 1. The van der Waals surface area contributed by atoms with Gasteiger partial charge in [0.25, 0.3) is 0 Å². The van der Waals surface area contributed by atoms with Gasteiger partial charge >= 0.3 is 6.36 Å². The molecule has 0 atom stereocenters. The van der Waals surface area contributed by atoms with Crippen LogP contribution in [0.1, 0.15) is 25.7 Å². The number of hydrogen-bond acceptors (Lipinski definition) is 3. The molecule has 7 heteroatoms. The Balaban J connectivity index is 2.44. The lowest BCUT2D eigenvalue weighted by atomic mass is 10.1. The Morgan fingerprint density at radius 2 is 1.95 bits per heavy atom. The maximum atomic E-state index is 12.3. The van der Waals surface area contributed by atoms with Crippen LogP contribution in [0.15, 0.2) is 24.3 Å². The normalized spacial score (nSPS) is 12.0. The molecule has 1 aromatic carbocycles. The largest absolute Gasteiger partial charge is 0.573 e. The van der Waals surface area contributed by atoms with Crippen LogP contribution in [0.2, 0.25) is 0 Å². The third-order valence-corrected chi connectivity index (χ3v) is 2.98. The number of anilines is 1. The van der Waals surface area contributed by atoms with E-state index < -0.39 is 6.36 Å². The molecule has 0 aliphatic carbocycles. The van der Waals surface area contributed by atoms with Crippen molar-refractivity contribution in [1.82, 2.24) is 9.55 Å². The number of hydrogen-bond donors (Lipinski definition) is 1. The summed E-state index contributed by atoms with van der Waals surface area (Å²) in [5.41, 5.74) is 6.99. The highest BCUT2D eigenvalue weighted by atomic mass is 19.4. The van der Waals surface area contributed by atoms with E-state index in [0.29, 0.717) is 22.9 Å². The van der Waals surface area contributed by atoms with E-state index in [-0.39, 0.29) is 11.8 Å². The van der Waals surface area contributed by atoms with Crippen LogP contribution in [-0.2, 0) is 0 Å². The molecule has 0 saturated carbocycles. The average Bonchev–Trinajstić information content (AvgIpc) is 2.63. The summed E-state index contributed by atoms with van der Waals surface area (Å²) in [6.07, 6.45) is -4.72. The number of ether oxygens (including phenoxy) is 1. The fraction of sp³-hybridized carbons (Fsp3) is 0.357. The van der Waals surface area contributed by atoms with Gasteiger partial charge in [0.15, 0.2) is 0 Å². The molecule has 114 valence electrons. The van der Waals surface area contributed by atoms with E-state index in [1.165, 1.54) is 18.2 Å². The number of aromatic nitrogens is 2. The second kappa shape index (κ2) is 5.31. The molecule has 0 radical (unpaired) electrons. The zero-order valence-corrected chi connectivity index (χ0v) is 11.9. The minimum Gasteiger partial charge on any atom is -0.406 e. The summed E-state index contributed by atoms with van der Waals surface area (Å²) in [6, 6.07) is 5.74. The third kappa shape index (κ3) is 3.29. The molecule has 0 bridgehead atoms. The predicted octanol–water partition coefficient (Wildman–Crippen LogP) is 3.92. The van der Waals surface area contributed by atoms with E-state index in [2.05, 4.69) is 9.72 Å². The van der Waals surface area contributed by atoms with Crippen molar-refractivity contribution in [1.29, 1.82) is 0 Å². The number of halogens is 3. The van der Waals surface area contributed by atoms with Gasteiger partial charge in [0.2, 0.25) is 0 Å². The smallest absolute Gasteiger partial charge is 0.406 e. The van der Waals surface area contributed by atoms with E-state index in [0.717, 1.165) is 0 Å². The molecular weight excluding hydrogens is 283 g/mol. The van der Waals surface area contributed by atoms with Gasteiger partial charge in [-0.1, -0.05) is 12.1 Å². The minimum absolute atomic E-state index is 0.112. The van der Waals surface area contributed by atoms with E-state index in [1.54, 1.807) is 13.0 Å². The van der Waals surface area contributed by atoms with Crippen LogP contribution >= 0.6 is 0 Å². The number of alkyl halides is 3. The van der Waals surface area contributed by atoms with Crippen molar-refractivity contribution >= 4 is 5.82 Å². The monoisotopic (exact) mass is 299 g/mol. The Bertz CT molecular complexity index is 647. The van der Waals surface area contributed by atoms with Crippen LogP contribution in [0.25, 0.3) is 11.3 Å². The number of rotatable bonds is 3. The van der Waals surface area contributed by atoms with Gasteiger partial charge < -0.3 is 15.0 Å². The van der Waals surface area contributed by atoms with Gasteiger partial charge in [-0.05, 0) is 32.9 Å². The maximum Gasteiger partial charge on any atom is 0.573 e. The summed E-state index contributed by atoms with van der Waals surface area (Å²) in [4.78, 5) is 4.34. The fourth-order valence-electron chi connectivity index (χ4n) is 2.27. The molecule has 0 aliphatic rings. The third-order valence-electron chi connectivity index (χ3n) is 2.98. The topological polar surface area (TPSA) is 53.1 Å². The SMILES string of the molecule is Cc1nc(-c2cccc(OC(F)(F)F)c2)c(N)n1C(C)C. The summed E-state index contributed by atoms with van der Waals surface area (Å²) in [7, 11) is 0. The van der Waals surface area contributed by atoms with Gasteiger partial charge in [-0.25, -0.2) is 4.98 Å². The van der Waals surface area contributed by atoms with Crippen LogP contribution in [0.3, 0.4) is 0 Å². The van der Waals surface area contributed by atoms with Crippen molar-refractivity contribution in [2.45, 2.75) is 33.2 Å². The van der Waals surface area contributed by atoms with E-state index in [1.807, 2.05) is 18.4 Å². The molecule has 1 aromatic heterocycles. The first kappa shape index (κ1) is 15.2. The second-order valence-corrected chi connectivity index (χ2v) is 4.93. The summed E-state index contributed by atoms with van der Waals surface area (Å²) >= 11 is 0. The Morgan fingerprint density at radius 1 is 1.29 bits per heavy atom. The quantitative estimate of drug-likeness (QED) is 0.934. The molecule has 0 saturated heterocycles. The molecule has 4 nitrogen and oxygen atoms in total. The molecule has 0 amide bonds. The zero-order valence-electron chi connectivity index (χ0n) is 11.9. The number of imidazole rings is 1. The maximum absolute atomic E-state index is 12.3. The molecule has 21 heavy (non-hydrogen) atoms. The van der Waals surface area contributed by atoms with E-state index in [9.17, 15) is 13.2 Å². The summed E-state index contributed by atoms with van der Waals surface area (Å²) in [6.45, 7) is 5.71. The first-order valence-corrected chi connectivity index (χ1v) is 6.39. The van der Waals surface area contributed by atoms with Crippen LogP contribution in [0.5, 0.6) is 5.75 Å². The summed E-state index contributed by atoms with van der Waals surface area (Å²) in [5, 5.41) is 0. The van der Waals surface area contributed by atoms with Crippen molar-refractivity contribution in [3.05, 3.63) is 30.1 Å². The molecule has 0 fully saturated rings. The van der Waals surface area contributed by atoms with Gasteiger partial charge in [-0.3, -0.25) is 0 Å². The molecule has 0 spiro atoms. The van der Waals surface area contributed by atoms with E-state index >= 15 is 0 Å². The van der Waals surface area contributed by atoms with Gasteiger partial charge in [0.05, 0.1) is 0 Å². The zero-order chi connectivity index (χ0) is 15.8. The predicted molar refractivity (Wildman–Crippen MR) is 73.9 cm³/mol. The summed E-state index contributed by atoms with van der Waals surface area (Å²) in [5.74, 6) is 0.836. The Kier molecular flexibility index (Phi) is 3.85. The molecule has 2 rings (SSSR count). The Morgan fingerprint density at radius 3 is 2.48 bits per heavy atom. The fourth-order valence-corrected chi connectivity index (χ4v) is 2.27. The second-order valence-electron chi connectivity index (χ2n) is 4.93. The minimum atomic E-state index is -4.72. The van der Waals surface area contributed by atoms with Crippen molar-refractivity contribution in [2.75, 3.05) is 5.73 Å². The van der Waals surface area contributed by atoms with Crippen molar-refractivity contribution in [2.24, 2.45) is 0 Å². The number of benzene rings is 1. The van der Waals surface area contributed by atoms with Crippen LogP contribution in [0, 0.1) is 6.92 Å². The lowest BCUT2D eigenvalue weighted by Crippen LogP contribution is -2.17. The number of nitrogens with zero attached hydrogens (tertiary/aromatic N) is 2. The summed E-state index contributed by atoms with van der Waals surface area (Å²) < 4.78 is 42.5.